The first-order valence-electron chi connectivity index (χ1n) is 6.90. The second kappa shape index (κ2) is 5.07. The van der Waals surface area contributed by atoms with E-state index >= 15 is 0 Å². The van der Waals surface area contributed by atoms with Gasteiger partial charge in [0.05, 0.1) is 10.9 Å². The zero-order chi connectivity index (χ0) is 15.1. The molecule has 106 valence electrons. The SMILES string of the molecule is O=c1[nH]c(-c2cc(Br)c3ccccc3c2)nc2ccccc12. The van der Waals surface area contributed by atoms with Crippen LogP contribution in [0.3, 0.4) is 0 Å². The summed E-state index contributed by atoms with van der Waals surface area (Å²) in [5.74, 6) is 0.579. The highest BCUT2D eigenvalue weighted by Crippen LogP contribution is 2.29. The maximum atomic E-state index is 12.2. The fraction of sp³-hybridized carbons (Fsp3) is 0. The Morgan fingerprint density at radius 2 is 1.64 bits per heavy atom. The lowest BCUT2D eigenvalue weighted by atomic mass is 10.1. The Balaban J connectivity index is 2.01. The molecule has 0 fully saturated rings. The molecule has 4 aromatic rings. The second-order valence-corrected chi connectivity index (χ2v) is 5.97. The number of H-pyrrole nitrogens is 1. The van der Waals surface area contributed by atoms with Gasteiger partial charge < -0.3 is 4.98 Å². The smallest absolute Gasteiger partial charge is 0.259 e. The van der Waals surface area contributed by atoms with Crippen molar-refractivity contribution in [3.63, 3.8) is 0 Å². The van der Waals surface area contributed by atoms with Gasteiger partial charge in [0, 0.05) is 10.0 Å². The first kappa shape index (κ1) is 13.2. The maximum absolute atomic E-state index is 12.2. The number of fused-ring (bicyclic) bond motifs is 2. The number of rotatable bonds is 1. The van der Waals surface area contributed by atoms with Crippen LogP contribution in [0.5, 0.6) is 0 Å². The van der Waals surface area contributed by atoms with E-state index in [0.29, 0.717) is 16.7 Å². The Morgan fingerprint density at radius 3 is 2.50 bits per heavy atom. The molecule has 0 saturated carbocycles. The Bertz CT molecular complexity index is 1070. The number of aromatic amines is 1. The number of hydrogen-bond donors (Lipinski definition) is 1. The van der Waals surface area contributed by atoms with Gasteiger partial charge in [-0.2, -0.15) is 0 Å². The summed E-state index contributed by atoms with van der Waals surface area (Å²) in [6, 6.07) is 19.5. The van der Waals surface area contributed by atoms with Crippen molar-refractivity contribution in [2.75, 3.05) is 0 Å². The van der Waals surface area contributed by atoms with Crippen molar-refractivity contribution in [1.29, 1.82) is 0 Å². The van der Waals surface area contributed by atoms with Crippen molar-refractivity contribution >= 4 is 37.6 Å². The molecular weight excluding hydrogens is 340 g/mol. The van der Waals surface area contributed by atoms with Crippen LogP contribution in [0.25, 0.3) is 33.1 Å². The summed E-state index contributed by atoms with van der Waals surface area (Å²) >= 11 is 3.59. The molecule has 0 spiro atoms. The van der Waals surface area contributed by atoms with Gasteiger partial charge in [-0.1, -0.05) is 52.3 Å². The van der Waals surface area contributed by atoms with Gasteiger partial charge in [-0.05, 0) is 35.0 Å². The Kier molecular flexibility index (Phi) is 3.05. The predicted molar refractivity (Wildman–Crippen MR) is 93.0 cm³/mol. The summed E-state index contributed by atoms with van der Waals surface area (Å²) < 4.78 is 0.983. The van der Waals surface area contributed by atoms with Crippen LogP contribution in [0.4, 0.5) is 0 Å². The molecular formula is C18H11BrN2O. The van der Waals surface area contributed by atoms with Crippen LogP contribution in [0.2, 0.25) is 0 Å². The molecule has 4 heteroatoms. The third kappa shape index (κ3) is 2.12. The number of halogens is 1. The number of aromatic nitrogens is 2. The lowest BCUT2D eigenvalue weighted by Crippen LogP contribution is -2.09. The lowest BCUT2D eigenvalue weighted by Gasteiger charge is -2.07. The van der Waals surface area contributed by atoms with Gasteiger partial charge in [0.15, 0.2) is 0 Å². The molecule has 0 aliphatic rings. The highest BCUT2D eigenvalue weighted by molar-refractivity contribution is 9.10. The van der Waals surface area contributed by atoms with E-state index in [1.54, 1.807) is 6.07 Å². The third-order valence-corrected chi connectivity index (χ3v) is 4.35. The fourth-order valence-corrected chi connectivity index (χ4v) is 3.23. The zero-order valence-electron chi connectivity index (χ0n) is 11.5. The number of para-hydroxylation sites is 1. The normalized spacial score (nSPS) is 11.1. The van der Waals surface area contributed by atoms with E-state index in [4.69, 9.17) is 0 Å². The molecule has 0 unspecified atom stereocenters. The quantitative estimate of drug-likeness (QED) is 0.549. The van der Waals surface area contributed by atoms with Crippen LogP contribution in [-0.4, -0.2) is 9.97 Å². The molecule has 0 aliphatic carbocycles. The monoisotopic (exact) mass is 350 g/mol. The van der Waals surface area contributed by atoms with Crippen molar-refractivity contribution in [3.8, 4) is 11.4 Å². The van der Waals surface area contributed by atoms with Gasteiger partial charge in [-0.3, -0.25) is 4.79 Å². The molecule has 1 aromatic heterocycles. The molecule has 0 amide bonds. The van der Waals surface area contributed by atoms with E-state index < -0.39 is 0 Å². The van der Waals surface area contributed by atoms with Crippen LogP contribution in [0, 0.1) is 0 Å². The average molecular weight is 351 g/mol. The minimum atomic E-state index is -0.120. The van der Waals surface area contributed by atoms with E-state index in [1.807, 2.05) is 48.5 Å². The molecule has 3 nitrogen and oxygen atoms in total. The lowest BCUT2D eigenvalue weighted by molar-refractivity contribution is 1.18. The molecule has 0 saturated heterocycles. The summed E-state index contributed by atoms with van der Waals surface area (Å²) in [5.41, 5.74) is 1.46. The van der Waals surface area contributed by atoms with E-state index in [-0.39, 0.29) is 5.56 Å². The standard InChI is InChI=1S/C18H11BrN2O/c19-15-10-12(9-11-5-1-2-6-13(11)15)17-20-16-8-4-3-7-14(16)18(22)21-17/h1-10H,(H,20,21,22). The predicted octanol–water partition coefficient (Wildman–Crippen LogP) is 4.51. The molecule has 0 bridgehead atoms. The first-order chi connectivity index (χ1) is 10.7. The minimum absolute atomic E-state index is 0.120. The molecule has 1 N–H and O–H groups in total. The van der Waals surface area contributed by atoms with Gasteiger partial charge in [0.1, 0.15) is 5.82 Å². The van der Waals surface area contributed by atoms with E-state index in [0.717, 1.165) is 20.8 Å². The first-order valence-corrected chi connectivity index (χ1v) is 7.69. The minimum Gasteiger partial charge on any atom is -0.306 e. The number of nitrogens with one attached hydrogen (secondary N) is 1. The van der Waals surface area contributed by atoms with Gasteiger partial charge in [-0.15, -0.1) is 0 Å². The van der Waals surface area contributed by atoms with Crippen molar-refractivity contribution < 1.29 is 0 Å². The topological polar surface area (TPSA) is 45.8 Å². The highest BCUT2D eigenvalue weighted by atomic mass is 79.9. The largest absolute Gasteiger partial charge is 0.306 e. The highest BCUT2D eigenvalue weighted by Gasteiger charge is 2.08. The summed E-state index contributed by atoms with van der Waals surface area (Å²) in [6.07, 6.45) is 0. The summed E-state index contributed by atoms with van der Waals surface area (Å²) in [5, 5.41) is 2.84. The Labute approximate surface area is 134 Å². The molecule has 1 heterocycles. The molecule has 0 atom stereocenters. The third-order valence-electron chi connectivity index (χ3n) is 3.70. The van der Waals surface area contributed by atoms with Crippen molar-refractivity contribution in [2.45, 2.75) is 0 Å². The van der Waals surface area contributed by atoms with Crippen molar-refractivity contribution in [2.24, 2.45) is 0 Å². The second-order valence-electron chi connectivity index (χ2n) is 5.11. The molecule has 22 heavy (non-hydrogen) atoms. The number of hydrogen-bond acceptors (Lipinski definition) is 2. The summed E-state index contributed by atoms with van der Waals surface area (Å²) in [6.45, 7) is 0. The van der Waals surface area contributed by atoms with Crippen molar-refractivity contribution in [1.82, 2.24) is 9.97 Å². The molecule has 0 aliphatic heterocycles. The van der Waals surface area contributed by atoms with E-state index in [2.05, 4.69) is 32.0 Å². The van der Waals surface area contributed by atoms with E-state index in [9.17, 15) is 4.79 Å². The van der Waals surface area contributed by atoms with Crippen LogP contribution in [0.15, 0.2) is 69.9 Å². The molecule has 0 radical (unpaired) electrons. The van der Waals surface area contributed by atoms with Gasteiger partial charge in [-0.25, -0.2) is 4.98 Å². The zero-order valence-corrected chi connectivity index (χ0v) is 13.1. The van der Waals surface area contributed by atoms with Gasteiger partial charge in [0.25, 0.3) is 5.56 Å². The number of benzene rings is 3. The Hall–Kier alpha value is -2.46. The van der Waals surface area contributed by atoms with Crippen LogP contribution >= 0.6 is 15.9 Å². The van der Waals surface area contributed by atoms with Crippen LogP contribution < -0.4 is 5.56 Å². The van der Waals surface area contributed by atoms with Crippen LogP contribution in [0.1, 0.15) is 0 Å². The number of nitrogens with zero attached hydrogens (tertiary/aromatic N) is 1. The summed E-state index contributed by atoms with van der Waals surface area (Å²) in [7, 11) is 0. The fourth-order valence-electron chi connectivity index (χ4n) is 2.62. The van der Waals surface area contributed by atoms with Gasteiger partial charge in [0.2, 0.25) is 0 Å². The van der Waals surface area contributed by atoms with Crippen molar-refractivity contribution in [3.05, 3.63) is 75.5 Å². The average Bonchev–Trinajstić information content (AvgIpc) is 2.55. The van der Waals surface area contributed by atoms with E-state index in [1.165, 1.54) is 0 Å². The summed E-state index contributed by atoms with van der Waals surface area (Å²) in [4.78, 5) is 19.7. The van der Waals surface area contributed by atoms with Crippen LogP contribution in [-0.2, 0) is 0 Å². The van der Waals surface area contributed by atoms with Gasteiger partial charge >= 0.3 is 0 Å². The maximum Gasteiger partial charge on any atom is 0.259 e. The molecule has 4 rings (SSSR count). The Morgan fingerprint density at radius 1 is 0.909 bits per heavy atom. The molecule has 3 aromatic carbocycles.